The van der Waals surface area contributed by atoms with E-state index >= 15 is 0 Å². The molecule has 0 saturated heterocycles. The number of pyridine rings is 1. The Labute approximate surface area is 104 Å². The number of hydrogen-bond acceptors (Lipinski definition) is 2. The van der Waals surface area contributed by atoms with Crippen molar-refractivity contribution in [3.8, 4) is 11.4 Å². The first-order chi connectivity index (χ1) is 8.20. The predicted octanol–water partition coefficient (Wildman–Crippen LogP) is 2.91. The molecule has 1 heterocycles. The lowest BCUT2D eigenvalue weighted by Crippen LogP contribution is -2.16. The molecule has 1 aromatic heterocycles. The topological polar surface area (TPSA) is 31.2 Å². The van der Waals surface area contributed by atoms with Crippen LogP contribution in [-0.4, -0.2) is 4.57 Å². The first-order valence-electron chi connectivity index (χ1n) is 5.13. The first kappa shape index (κ1) is 12.3. The van der Waals surface area contributed by atoms with Crippen LogP contribution in [0.2, 0.25) is 0 Å². The summed E-state index contributed by atoms with van der Waals surface area (Å²) >= 11 is 0. The van der Waals surface area contributed by atoms with E-state index in [1.165, 1.54) is 11.6 Å². The monoisotopic (exact) mass is 265 g/mol. The van der Waals surface area contributed by atoms with Crippen molar-refractivity contribution in [3.05, 3.63) is 58.5 Å². The Morgan fingerprint density at radius 1 is 1.24 bits per heavy atom. The molecule has 0 aliphatic heterocycles. The van der Waals surface area contributed by atoms with Gasteiger partial charge in [-0.15, -0.1) is 0 Å². The van der Waals surface area contributed by atoms with Crippen LogP contribution in [0.5, 0.6) is 5.75 Å². The second-order valence-electron chi connectivity index (χ2n) is 3.63. The van der Waals surface area contributed by atoms with E-state index in [0.717, 1.165) is 5.69 Å². The molecule has 0 aliphatic rings. The molecule has 2 aromatic rings. The molecule has 0 N–H and O–H groups in total. The third kappa shape index (κ3) is 2.94. The maximum atomic E-state index is 11.9. The number of aryl methyl sites for hydroxylation is 1. The molecular weight excluding hydrogens is 252 g/mol. The van der Waals surface area contributed by atoms with Gasteiger partial charge in [0, 0.05) is 18.0 Å². The van der Waals surface area contributed by atoms with E-state index in [-0.39, 0.29) is 14.1 Å². The van der Waals surface area contributed by atoms with Crippen LogP contribution in [0.15, 0.2) is 47.4 Å². The second-order valence-corrected chi connectivity index (χ2v) is 4.77. The molecule has 0 radical (unpaired) electrons. The van der Waals surface area contributed by atoms with E-state index in [1.54, 1.807) is 16.8 Å². The zero-order valence-electron chi connectivity index (χ0n) is 9.38. The van der Waals surface area contributed by atoms with Gasteiger partial charge in [0.1, 0.15) is 5.75 Å². The molecular formula is C12H13NO2P2. The fourth-order valence-corrected chi connectivity index (χ4v) is 2.18. The largest absolute Gasteiger partial charge is 0.473 e. The number of nitrogens with zero attached hydrogens (tertiary/aromatic N) is 1. The van der Waals surface area contributed by atoms with E-state index in [9.17, 15) is 4.79 Å². The predicted molar refractivity (Wildman–Crippen MR) is 75.4 cm³/mol. The minimum Gasteiger partial charge on any atom is -0.473 e. The molecule has 88 valence electrons. The van der Waals surface area contributed by atoms with Crippen LogP contribution in [0.4, 0.5) is 0 Å². The molecule has 0 aliphatic carbocycles. The van der Waals surface area contributed by atoms with Crippen LogP contribution >= 0.6 is 17.4 Å². The third-order valence-corrected chi connectivity index (χ3v) is 3.09. The molecule has 5 heteroatoms. The van der Waals surface area contributed by atoms with Crippen molar-refractivity contribution in [2.24, 2.45) is 0 Å². The van der Waals surface area contributed by atoms with Crippen LogP contribution in [0, 0.1) is 6.92 Å². The summed E-state index contributed by atoms with van der Waals surface area (Å²) in [5.41, 5.74) is 1.95. The number of benzene rings is 1. The lowest BCUT2D eigenvalue weighted by molar-refractivity contribution is 0.637. The Hall–Kier alpha value is -1.17. The summed E-state index contributed by atoms with van der Waals surface area (Å²) in [5, 5.41) is 0. The Balaban J connectivity index is 2.40. The number of hydrogen-bond donors (Lipinski definition) is 0. The van der Waals surface area contributed by atoms with Crippen LogP contribution in [-0.2, 0) is 0 Å². The maximum Gasteiger partial charge on any atom is 0.258 e. The van der Waals surface area contributed by atoms with Crippen molar-refractivity contribution in [2.45, 2.75) is 6.92 Å². The summed E-state index contributed by atoms with van der Waals surface area (Å²) in [4.78, 5) is 11.9. The quantitative estimate of drug-likeness (QED) is 0.799. The summed E-state index contributed by atoms with van der Waals surface area (Å²) in [6, 6.07) is 11.1. The summed E-state index contributed by atoms with van der Waals surface area (Å²) in [6.07, 6.45) is 1.73. The van der Waals surface area contributed by atoms with Gasteiger partial charge in [0.15, 0.2) is 0 Å². The highest BCUT2D eigenvalue weighted by Gasteiger charge is 2.01. The molecule has 0 bridgehead atoms. The number of aromatic nitrogens is 1. The van der Waals surface area contributed by atoms with Gasteiger partial charge in [-0.2, -0.15) is 0 Å². The maximum absolute atomic E-state index is 11.9. The van der Waals surface area contributed by atoms with Gasteiger partial charge in [-0.3, -0.25) is 9.36 Å². The molecule has 2 unspecified atom stereocenters. The molecule has 3 nitrogen and oxygen atoms in total. The normalized spacial score (nSPS) is 10.9. The van der Waals surface area contributed by atoms with E-state index in [1.807, 2.05) is 31.2 Å². The lowest BCUT2D eigenvalue weighted by atomic mass is 10.2. The molecule has 17 heavy (non-hydrogen) atoms. The van der Waals surface area contributed by atoms with E-state index < -0.39 is 0 Å². The van der Waals surface area contributed by atoms with Crippen molar-refractivity contribution >= 4 is 17.4 Å². The molecule has 0 fully saturated rings. The van der Waals surface area contributed by atoms with Crippen LogP contribution < -0.4 is 10.1 Å². The highest BCUT2D eigenvalue weighted by molar-refractivity contribution is 8.00. The Morgan fingerprint density at radius 2 is 1.94 bits per heavy atom. The Bertz CT molecular complexity index is 563. The fourth-order valence-electron chi connectivity index (χ4n) is 1.51. The Morgan fingerprint density at radius 3 is 2.53 bits per heavy atom. The molecule has 0 spiro atoms. The molecule has 1 aromatic carbocycles. The van der Waals surface area contributed by atoms with E-state index in [2.05, 4.69) is 8.93 Å². The van der Waals surface area contributed by atoms with Gasteiger partial charge in [-0.25, -0.2) is 0 Å². The van der Waals surface area contributed by atoms with E-state index in [0.29, 0.717) is 5.75 Å². The molecule has 0 saturated carbocycles. The highest BCUT2D eigenvalue weighted by Crippen LogP contribution is 2.24. The summed E-state index contributed by atoms with van der Waals surface area (Å²) in [7, 11) is 2.74. The van der Waals surface area contributed by atoms with Gasteiger partial charge >= 0.3 is 0 Å². The SMILES string of the molecule is Cc1ccc(-n2ccc(OPP)cc2=O)cc1. The smallest absolute Gasteiger partial charge is 0.258 e. The zero-order chi connectivity index (χ0) is 12.3. The lowest BCUT2D eigenvalue weighted by Gasteiger charge is -2.07. The summed E-state index contributed by atoms with van der Waals surface area (Å²) in [6.45, 7) is 2.02. The molecule has 0 amide bonds. The van der Waals surface area contributed by atoms with Gasteiger partial charge in [0.2, 0.25) is 0 Å². The standard InChI is InChI=1S/C12H13NO2P2/c1-9-2-4-10(5-3-9)13-7-6-11(15-17-16)8-12(13)14/h2-8,17H,16H2,1H3. The van der Waals surface area contributed by atoms with Gasteiger partial charge < -0.3 is 4.52 Å². The molecule has 2 atom stereocenters. The Kier molecular flexibility index (Phi) is 3.93. The summed E-state index contributed by atoms with van der Waals surface area (Å²) < 4.78 is 6.87. The zero-order valence-corrected chi connectivity index (χ0v) is 11.5. The first-order valence-corrected chi connectivity index (χ1v) is 7.84. The van der Waals surface area contributed by atoms with Crippen molar-refractivity contribution in [1.82, 2.24) is 4.57 Å². The number of rotatable bonds is 3. The van der Waals surface area contributed by atoms with Crippen LogP contribution in [0.25, 0.3) is 5.69 Å². The van der Waals surface area contributed by atoms with Gasteiger partial charge in [-0.1, -0.05) is 26.6 Å². The molecule has 2 rings (SSSR count). The van der Waals surface area contributed by atoms with Crippen molar-refractivity contribution < 1.29 is 4.52 Å². The highest BCUT2D eigenvalue weighted by atomic mass is 32.0. The summed E-state index contributed by atoms with van der Waals surface area (Å²) in [5.74, 6) is 0.603. The van der Waals surface area contributed by atoms with Gasteiger partial charge in [0.05, 0.1) is 8.50 Å². The van der Waals surface area contributed by atoms with Crippen molar-refractivity contribution in [3.63, 3.8) is 0 Å². The average molecular weight is 265 g/mol. The van der Waals surface area contributed by atoms with Gasteiger partial charge in [0.25, 0.3) is 5.56 Å². The van der Waals surface area contributed by atoms with Crippen LogP contribution in [0.1, 0.15) is 5.56 Å². The average Bonchev–Trinajstić information content (AvgIpc) is 2.31. The fraction of sp³-hybridized carbons (Fsp3) is 0.0833. The van der Waals surface area contributed by atoms with Crippen molar-refractivity contribution in [2.75, 3.05) is 0 Å². The van der Waals surface area contributed by atoms with Crippen LogP contribution in [0.3, 0.4) is 0 Å². The van der Waals surface area contributed by atoms with Crippen molar-refractivity contribution in [1.29, 1.82) is 0 Å². The minimum absolute atomic E-state index is 0.0883. The second kappa shape index (κ2) is 5.44. The van der Waals surface area contributed by atoms with Gasteiger partial charge in [-0.05, 0) is 25.1 Å². The van der Waals surface area contributed by atoms with E-state index in [4.69, 9.17) is 4.52 Å². The third-order valence-electron chi connectivity index (χ3n) is 2.38. The minimum atomic E-state index is -0.0883.